The van der Waals surface area contributed by atoms with E-state index in [0.29, 0.717) is 48.3 Å². The Kier molecular flexibility index (Phi) is 8.70. The lowest BCUT2D eigenvalue weighted by Gasteiger charge is -2.18. The van der Waals surface area contributed by atoms with Gasteiger partial charge in [0.2, 0.25) is 5.75 Å². The largest absolute Gasteiger partial charge is 0.490 e. The van der Waals surface area contributed by atoms with Crippen LogP contribution in [0.15, 0.2) is 36.4 Å². The zero-order valence-corrected chi connectivity index (χ0v) is 18.1. The molecule has 1 atom stereocenters. The summed E-state index contributed by atoms with van der Waals surface area (Å²) in [7, 11) is 0. The zero-order valence-electron chi connectivity index (χ0n) is 18.1. The lowest BCUT2D eigenvalue weighted by atomic mass is 10.1. The van der Waals surface area contributed by atoms with Crippen LogP contribution in [-0.4, -0.2) is 37.8 Å². The predicted octanol–water partition coefficient (Wildman–Crippen LogP) is 3.94. The third kappa shape index (κ3) is 6.12. The van der Waals surface area contributed by atoms with E-state index in [1.807, 2.05) is 26.8 Å². The van der Waals surface area contributed by atoms with Gasteiger partial charge in [-0.25, -0.2) is 4.79 Å². The highest BCUT2D eigenvalue weighted by atomic mass is 16.6. The average Bonchev–Trinajstić information content (AvgIpc) is 2.76. The monoisotopic (exact) mass is 426 g/mol. The van der Waals surface area contributed by atoms with Crippen molar-refractivity contribution in [2.24, 2.45) is 0 Å². The molecule has 1 unspecified atom stereocenters. The maximum absolute atomic E-state index is 12.7. The molecule has 8 nitrogen and oxygen atoms in total. The first-order valence-electron chi connectivity index (χ1n) is 10.0. The first kappa shape index (κ1) is 23.5. The summed E-state index contributed by atoms with van der Waals surface area (Å²) >= 11 is 0. The van der Waals surface area contributed by atoms with Crippen molar-refractivity contribution in [1.82, 2.24) is 0 Å². The minimum Gasteiger partial charge on any atom is -0.490 e. The van der Waals surface area contributed by atoms with E-state index in [0.717, 1.165) is 0 Å². The van der Waals surface area contributed by atoms with Crippen molar-refractivity contribution in [3.63, 3.8) is 0 Å². The number of amides is 1. The van der Waals surface area contributed by atoms with Gasteiger partial charge in [-0.15, -0.1) is 0 Å². The van der Waals surface area contributed by atoms with Crippen molar-refractivity contribution in [2.45, 2.75) is 33.8 Å². The Morgan fingerprint density at radius 2 is 1.58 bits per heavy atom. The highest BCUT2D eigenvalue weighted by Crippen LogP contribution is 2.39. The number of anilines is 1. The number of carbonyl (C=O) groups is 2. The summed E-state index contributed by atoms with van der Waals surface area (Å²) in [6.07, 6.45) is -1.10. The lowest BCUT2D eigenvalue weighted by Crippen LogP contribution is -2.30. The molecule has 2 aromatic rings. The second-order valence-electron chi connectivity index (χ2n) is 6.29. The minimum absolute atomic E-state index is 0.160. The van der Waals surface area contributed by atoms with Crippen LogP contribution in [0.3, 0.4) is 0 Å². The number of esters is 1. The van der Waals surface area contributed by atoms with Crippen LogP contribution in [0.2, 0.25) is 0 Å². The van der Waals surface area contributed by atoms with E-state index in [9.17, 15) is 9.59 Å². The Balaban J connectivity index is 2.21. The molecular weight excluding hydrogens is 400 g/mol. The molecule has 0 aromatic heterocycles. The van der Waals surface area contributed by atoms with E-state index in [4.69, 9.17) is 24.2 Å². The van der Waals surface area contributed by atoms with Crippen LogP contribution in [0.5, 0.6) is 17.2 Å². The fraction of sp³-hybridized carbons (Fsp3) is 0.348. The van der Waals surface area contributed by atoms with Gasteiger partial charge in [0, 0.05) is 0 Å². The maximum atomic E-state index is 12.7. The fourth-order valence-electron chi connectivity index (χ4n) is 2.71. The molecule has 31 heavy (non-hydrogen) atoms. The van der Waals surface area contributed by atoms with E-state index in [-0.39, 0.29) is 5.56 Å². The fourth-order valence-corrected chi connectivity index (χ4v) is 2.71. The van der Waals surface area contributed by atoms with Crippen LogP contribution in [0.25, 0.3) is 0 Å². The molecule has 0 aliphatic rings. The molecule has 0 aliphatic heterocycles. The third-order valence-electron chi connectivity index (χ3n) is 4.10. The summed E-state index contributed by atoms with van der Waals surface area (Å²) < 4.78 is 22.2. The molecule has 164 valence electrons. The number of hydrogen-bond acceptors (Lipinski definition) is 7. The number of nitrogens with zero attached hydrogens (tertiary/aromatic N) is 1. The van der Waals surface area contributed by atoms with Crippen LogP contribution in [-0.2, 0) is 9.53 Å². The number of nitriles is 1. The van der Waals surface area contributed by atoms with Crippen molar-refractivity contribution >= 4 is 17.6 Å². The lowest BCUT2D eigenvalue weighted by molar-refractivity contribution is -0.123. The summed E-state index contributed by atoms with van der Waals surface area (Å²) in [5.41, 5.74) is 0.812. The number of nitrogens with one attached hydrogen (secondary N) is 1. The molecular formula is C23H26N2O6. The summed E-state index contributed by atoms with van der Waals surface area (Å²) in [5, 5.41) is 11.7. The molecule has 1 amide bonds. The van der Waals surface area contributed by atoms with Gasteiger partial charge in [-0.05, 0) is 52.0 Å². The molecule has 0 radical (unpaired) electrons. The Morgan fingerprint density at radius 3 is 2.13 bits per heavy atom. The highest BCUT2D eigenvalue weighted by Gasteiger charge is 2.23. The molecule has 2 rings (SSSR count). The SMILES string of the molecule is CCOc1cc(C(=O)OC(C)C(=O)Nc2ccccc2C#N)cc(OCC)c1OCC. The quantitative estimate of drug-likeness (QED) is 0.574. The van der Waals surface area contributed by atoms with Crippen molar-refractivity contribution in [3.8, 4) is 23.3 Å². The van der Waals surface area contributed by atoms with Crippen LogP contribution < -0.4 is 19.5 Å². The molecule has 0 saturated heterocycles. The third-order valence-corrected chi connectivity index (χ3v) is 4.10. The standard InChI is InChI=1S/C23H26N2O6/c1-5-28-19-12-17(13-20(29-6-2)21(19)30-7-3)23(27)31-15(4)22(26)25-18-11-9-8-10-16(18)14-24/h8-13,15H,5-7H2,1-4H3,(H,25,26). The van der Waals surface area contributed by atoms with Gasteiger partial charge < -0.3 is 24.3 Å². The van der Waals surface area contributed by atoms with E-state index >= 15 is 0 Å². The van der Waals surface area contributed by atoms with Crippen molar-refractivity contribution in [3.05, 3.63) is 47.5 Å². The summed E-state index contributed by atoms with van der Waals surface area (Å²) in [5.74, 6) is -0.176. The first-order valence-corrected chi connectivity index (χ1v) is 10.0. The number of rotatable bonds is 10. The first-order chi connectivity index (χ1) is 14.9. The Hall–Kier alpha value is -3.73. The van der Waals surface area contributed by atoms with Crippen molar-refractivity contribution in [1.29, 1.82) is 5.26 Å². The number of para-hydroxylation sites is 1. The second-order valence-corrected chi connectivity index (χ2v) is 6.29. The number of hydrogen-bond donors (Lipinski definition) is 1. The molecule has 0 fully saturated rings. The topological polar surface area (TPSA) is 107 Å². The van der Waals surface area contributed by atoms with Gasteiger partial charge in [-0.3, -0.25) is 4.79 Å². The summed E-state index contributed by atoms with van der Waals surface area (Å²) in [6, 6.07) is 11.5. The van der Waals surface area contributed by atoms with Gasteiger partial charge in [-0.1, -0.05) is 12.1 Å². The Morgan fingerprint density at radius 1 is 1.00 bits per heavy atom. The highest BCUT2D eigenvalue weighted by molar-refractivity contribution is 5.98. The zero-order chi connectivity index (χ0) is 22.8. The summed E-state index contributed by atoms with van der Waals surface area (Å²) in [4.78, 5) is 25.2. The smallest absolute Gasteiger partial charge is 0.339 e. The molecule has 2 aromatic carbocycles. The molecule has 0 spiro atoms. The predicted molar refractivity (Wildman–Crippen MR) is 115 cm³/mol. The van der Waals surface area contributed by atoms with Gasteiger partial charge in [0.05, 0.1) is 36.6 Å². The normalized spacial score (nSPS) is 11.1. The number of carbonyl (C=O) groups excluding carboxylic acids is 2. The van der Waals surface area contributed by atoms with Gasteiger partial charge >= 0.3 is 5.97 Å². The Labute approximate surface area is 181 Å². The van der Waals surface area contributed by atoms with Gasteiger partial charge in [0.1, 0.15) is 6.07 Å². The Bertz CT molecular complexity index is 940. The minimum atomic E-state index is -1.10. The molecule has 0 heterocycles. The van der Waals surface area contributed by atoms with Crippen molar-refractivity contribution in [2.75, 3.05) is 25.1 Å². The van der Waals surface area contributed by atoms with E-state index < -0.39 is 18.0 Å². The van der Waals surface area contributed by atoms with Gasteiger partial charge in [-0.2, -0.15) is 5.26 Å². The molecule has 0 saturated carbocycles. The van der Waals surface area contributed by atoms with Crippen LogP contribution in [0.4, 0.5) is 5.69 Å². The van der Waals surface area contributed by atoms with E-state index in [1.54, 1.807) is 24.3 Å². The van der Waals surface area contributed by atoms with Gasteiger partial charge in [0.25, 0.3) is 5.91 Å². The van der Waals surface area contributed by atoms with Crippen molar-refractivity contribution < 1.29 is 28.5 Å². The molecule has 8 heteroatoms. The number of benzene rings is 2. The van der Waals surface area contributed by atoms with Crippen LogP contribution >= 0.6 is 0 Å². The molecule has 0 aliphatic carbocycles. The van der Waals surface area contributed by atoms with Crippen LogP contribution in [0, 0.1) is 11.3 Å². The van der Waals surface area contributed by atoms with Gasteiger partial charge in [0.15, 0.2) is 17.6 Å². The number of ether oxygens (including phenoxy) is 4. The summed E-state index contributed by atoms with van der Waals surface area (Å²) in [6.45, 7) is 8.02. The van der Waals surface area contributed by atoms with Crippen LogP contribution in [0.1, 0.15) is 43.6 Å². The van der Waals surface area contributed by atoms with E-state index in [1.165, 1.54) is 19.1 Å². The second kappa shape index (κ2) is 11.5. The molecule has 0 bridgehead atoms. The average molecular weight is 426 g/mol. The van der Waals surface area contributed by atoms with E-state index in [2.05, 4.69) is 5.32 Å². The maximum Gasteiger partial charge on any atom is 0.339 e. The molecule has 1 N–H and O–H groups in total.